The van der Waals surface area contributed by atoms with Crippen LogP contribution in [0.2, 0.25) is 0 Å². The largest absolute Gasteiger partial charge is 0.381 e. The molecule has 3 heteroatoms. The van der Waals surface area contributed by atoms with Crippen LogP contribution in [0.15, 0.2) is 0 Å². The second-order valence-electron chi connectivity index (χ2n) is 2.89. The van der Waals surface area contributed by atoms with Crippen LogP contribution in [0.25, 0.3) is 0 Å². The molecule has 0 bridgehead atoms. The fourth-order valence-corrected chi connectivity index (χ4v) is 1.13. The van der Waals surface area contributed by atoms with Gasteiger partial charge in [-0.1, -0.05) is 6.92 Å². The number of rotatable bonds is 3. The Bertz CT molecular complexity index is 130. The maximum absolute atomic E-state index is 10.8. The van der Waals surface area contributed by atoms with Gasteiger partial charge >= 0.3 is 0 Å². The summed E-state index contributed by atoms with van der Waals surface area (Å²) >= 11 is 0. The molecule has 1 heterocycles. The number of nitrogens with one attached hydrogen (secondary N) is 1. The topological polar surface area (TPSA) is 38.3 Å². The van der Waals surface area contributed by atoms with Crippen molar-refractivity contribution in [3.63, 3.8) is 0 Å². The van der Waals surface area contributed by atoms with Gasteiger partial charge in [-0.25, -0.2) is 0 Å². The first-order valence-corrected chi connectivity index (χ1v) is 4.17. The van der Waals surface area contributed by atoms with E-state index in [9.17, 15) is 4.79 Å². The van der Waals surface area contributed by atoms with E-state index in [-0.39, 0.29) is 5.91 Å². The Morgan fingerprint density at radius 2 is 2.55 bits per heavy atom. The van der Waals surface area contributed by atoms with Gasteiger partial charge in [0.2, 0.25) is 5.91 Å². The molecule has 1 amide bonds. The van der Waals surface area contributed by atoms with Crippen molar-refractivity contribution in [3.8, 4) is 0 Å². The first-order chi connectivity index (χ1) is 5.33. The van der Waals surface area contributed by atoms with Gasteiger partial charge in [-0.2, -0.15) is 0 Å². The number of hydrogen-bond acceptors (Lipinski definition) is 2. The number of carbonyl (C=O) groups excluding carboxylic acids is 1. The summed E-state index contributed by atoms with van der Waals surface area (Å²) in [5, 5.41) is 2.86. The zero-order valence-corrected chi connectivity index (χ0v) is 6.93. The molecule has 0 aromatic carbocycles. The Balaban J connectivity index is 2.06. The fourth-order valence-electron chi connectivity index (χ4n) is 1.13. The standard InChI is InChI=1S/C8H15NO2/c1-2-8(10)9-5-7-3-4-11-6-7/h7H,2-6H2,1H3,(H,9,10)/t7-/m0/s1. The molecule has 1 atom stereocenters. The number of ether oxygens (including phenoxy) is 1. The van der Waals surface area contributed by atoms with Crippen LogP contribution in [-0.4, -0.2) is 25.7 Å². The van der Waals surface area contributed by atoms with E-state index in [1.807, 2.05) is 6.92 Å². The van der Waals surface area contributed by atoms with E-state index in [1.54, 1.807) is 0 Å². The third-order valence-corrected chi connectivity index (χ3v) is 1.93. The molecule has 1 aliphatic rings. The fraction of sp³-hybridized carbons (Fsp3) is 0.875. The second kappa shape index (κ2) is 4.34. The zero-order chi connectivity index (χ0) is 8.10. The van der Waals surface area contributed by atoms with Crippen LogP contribution < -0.4 is 5.32 Å². The summed E-state index contributed by atoms with van der Waals surface area (Å²) < 4.78 is 5.17. The highest BCUT2D eigenvalue weighted by molar-refractivity contribution is 5.75. The Labute approximate surface area is 67.1 Å². The molecule has 3 nitrogen and oxygen atoms in total. The summed E-state index contributed by atoms with van der Waals surface area (Å²) in [5.74, 6) is 0.683. The van der Waals surface area contributed by atoms with Crippen LogP contribution in [-0.2, 0) is 9.53 Å². The van der Waals surface area contributed by atoms with Crippen LogP contribution in [0, 0.1) is 5.92 Å². The van der Waals surface area contributed by atoms with Gasteiger partial charge in [-0.3, -0.25) is 4.79 Å². The minimum absolute atomic E-state index is 0.136. The summed E-state index contributed by atoms with van der Waals surface area (Å²) in [6, 6.07) is 0. The summed E-state index contributed by atoms with van der Waals surface area (Å²) in [4.78, 5) is 10.8. The third kappa shape index (κ3) is 2.89. The second-order valence-corrected chi connectivity index (χ2v) is 2.89. The first kappa shape index (κ1) is 8.53. The minimum Gasteiger partial charge on any atom is -0.381 e. The van der Waals surface area contributed by atoms with Crippen LogP contribution in [0.3, 0.4) is 0 Å². The lowest BCUT2D eigenvalue weighted by molar-refractivity contribution is -0.120. The monoisotopic (exact) mass is 157 g/mol. The van der Waals surface area contributed by atoms with E-state index in [1.165, 1.54) is 0 Å². The molecule has 1 rings (SSSR count). The third-order valence-electron chi connectivity index (χ3n) is 1.93. The molecule has 0 aromatic rings. The SMILES string of the molecule is CCC(=O)NC[C@@H]1CCOC1. The molecule has 0 aromatic heterocycles. The molecule has 1 aliphatic heterocycles. The van der Waals surface area contributed by atoms with Crippen molar-refractivity contribution in [2.45, 2.75) is 19.8 Å². The van der Waals surface area contributed by atoms with Crippen LogP contribution in [0.1, 0.15) is 19.8 Å². The molecular formula is C8H15NO2. The lowest BCUT2D eigenvalue weighted by Gasteiger charge is -2.07. The molecular weight excluding hydrogens is 142 g/mol. The Morgan fingerprint density at radius 3 is 3.09 bits per heavy atom. The summed E-state index contributed by atoms with van der Waals surface area (Å²) in [6.07, 6.45) is 1.66. The van der Waals surface area contributed by atoms with Crippen molar-refractivity contribution in [2.24, 2.45) is 5.92 Å². The summed E-state index contributed by atoms with van der Waals surface area (Å²) in [5.41, 5.74) is 0. The van der Waals surface area contributed by atoms with E-state index < -0.39 is 0 Å². The maximum Gasteiger partial charge on any atom is 0.219 e. The van der Waals surface area contributed by atoms with E-state index >= 15 is 0 Å². The van der Waals surface area contributed by atoms with Gasteiger partial charge in [0.25, 0.3) is 0 Å². The molecule has 11 heavy (non-hydrogen) atoms. The van der Waals surface area contributed by atoms with Gasteiger partial charge in [0.1, 0.15) is 0 Å². The smallest absolute Gasteiger partial charge is 0.219 e. The normalized spacial score (nSPS) is 23.5. The van der Waals surface area contributed by atoms with Gasteiger partial charge < -0.3 is 10.1 Å². The van der Waals surface area contributed by atoms with E-state index in [2.05, 4.69) is 5.32 Å². The van der Waals surface area contributed by atoms with Crippen LogP contribution >= 0.6 is 0 Å². The van der Waals surface area contributed by atoms with E-state index in [0.29, 0.717) is 12.3 Å². The lowest BCUT2D eigenvalue weighted by Crippen LogP contribution is -2.28. The predicted molar refractivity (Wildman–Crippen MR) is 42.2 cm³/mol. The quantitative estimate of drug-likeness (QED) is 0.649. The van der Waals surface area contributed by atoms with E-state index in [4.69, 9.17) is 4.74 Å². The zero-order valence-electron chi connectivity index (χ0n) is 6.93. The molecule has 1 saturated heterocycles. The summed E-state index contributed by atoms with van der Waals surface area (Å²) in [6.45, 7) is 4.31. The molecule has 0 radical (unpaired) electrons. The van der Waals surface area contributed by atoms with Gasteiger partial charge in [-0.05, 0) is 6.42 Å². The number of amides is 1. The predicted octanol–water partition coefficient (Wildman–Crippen LogP) is 0.549. The first-order valence-electron chi connectivity index (χ1n) is 4.17. The molecule has 64 valence electrons. The van der Waals surface area contributed by atoms with Crippen molar-refractivity contribution in [3.05, 3.63) is 0 Å². The van der Waals surface area contributed by atoms with Crippen LogP contribution in [0.4, 0.5) is 0 Å². The molecule has 1 fully saturated rings. The van der Waals surface area contributed by atoms with Crippen LogP contribution in [0.5, 0.6) is 0 Å². The highest BCUT2D eigenvalue weighted by Gasteiger charge is 2.15. The van der Waals surface area contributed by atoms with E-state index in [0.717, 1.165) is 26.2 Å². The molecule has 0 aliphatic carbocycles. The van der Waals surface area contributed by atoms with Crippen molar-refractivity contribution in [2.75, 3.05) is 19.8 Å². The number of hydrogen-bond donors (Lipinski definition) is 1. The van der Waals surface area contributed by atoms with Gasteiger partial charge in [0.05, 0.1) is 6.61 Å². The maximum atomic E-state index is 10.8. The average Bonchev–Trinajstić information content (AvgIpc) is 2.52. The highest BCUT2D eigenvalue weighted by Crippen LogP contribution is 2.10. The Morgan fingerprint density at radius 1 is 1.73 bits per heavy atom. The molecule has 1 N–H and O–H groups in total. The van der Waals surface area contributed by atoms with Gasteiger partial charge in [-0.15, -0.1) is 0 Å². The molecule has 0 unspecified atom stereocenters. The van der Waals surface area contributed by atoms with Crippen molar-refractivity contribution >= 4 is 5.91 Å². The summed E-state index contributed by atoms with van der Waals surface area (Å²) in [7, 11) is 0. The molecule has 0 saturated carbocycles. The Kier molecular flexibility index (Phi) is 3.36. The highest BCUT2D eigenvalue weighted by atomic mass is 16.5. The lowest BCUT2D eigenvalue weighted by atomic mass is 10.1. The van der Waals surface area contributed by atoms with Crippen molar-refractivity contribution in [1.29, 1.82) is 0 Å². The average molecular weight is 157 g/mol. The molecule has 0 spiro atoms. The van der Waals surface area contributed by atoms with Crippen molar-refractivity contribution < 1.29 is 9.53 Å². The van der Waals surface area contributed by atoms with Gasteiger partial charge in [0.15, 0.2) is 0 Å². The van der Waals surface area contributed by atoms with Crippen molar-refractivity contribution in [1.82, 2.24) is 5.32 Å². The van der Waals surface area contributed by atoms with Gasteiger partial charge in [0, 0.05) is 25.5 Å². The number of carbonyl (C=O) groups is 1. The Hall–Kier alpha value is -0.570. The minimum atomic E-state index is 0.136.